The Labute approximate surface area is 153 Å². The minimum atomic E-state index is -0.480. The van der Waals surface area contributed by atoms with Crippen molar-refractivity contribution in [2.24, 2.45) is 5.92 Å². The maximum Gasteiger partial charge on any atom is 0.256 e. The number of likely N-dealkylation sites (tertiary alicyclic amines) is 1. The number of amides is 1. The molecule has 0 radical (unpaired) electrons. The number of hydrogen-bond donors (Lipinski definition) is 0. The molecule has 138 valence electrons. The lowest BCUT2D eigenvalue weighted by Crippen LogP contribution is -2.30. The molecule has 1 amide bonds. The molecule has 1 saturated heterocycles. The summed E-state index contributed by atoms with van der Waals surface area (Å²) in [5.74, 6) is -0.0574. The summed E-state index contributed by atoms with van der Waals surface area (Å²) in [7, 11) is 0. The number of rotatable bonds is 4. The van der Waals surface area contributed by atoms with Gasteiger partial charge in [0.25, 0.3) is 5.91 Å². The Balaban J connectivity index is 1.53. The van der Waals surface area contributed by atoms with Crippen LogP contribution in [0.5, 0.6) is 5.88 Å². The maximum absolute atomic E-state index is 13.8. The third-order valence-electron chi connectivity index (χ3n) is 4.55. The highest BCUT2D eigenvalue weighted by atomic mass is 19.1. The highest BCUT2D eigenvalue weighted by Gasteiger charge is 2.28. The molecule has 1 aromatic heterocycles. The van der Waals surface area contributed by atoms with Gasteiger partial charge in [0.15, 0.2) is 0 Å². The van der Waals surface area contributed by atoms with Crippen LogP contribution in [0.2, 0.25) is 0 Å². The first-order chi connectivity index (χ1) is 12.3. The number of halogens is 1. The molecule has 0 bridgehead atoms. The first-order valence-electron chi connectivity index (χ1n) is 8.85. The van der Waals surface area contributed by atoms with E-state index in [9.17, 15) is 9.18 Å². The Kier molecular flexibility index (Phi) is 5.20. The fourth-order valence-corrected chi connectivity index (χ4v) is 2.96. The topological polar surface area (TPSA) is 55.3 Å². The van der Waals surface area contributed by atoms with Crippen molar-refractivity contribution in [2.45, 2.75) is 32.6 Å². The zero-order valence-corrected chi connectivity index (χ0v) is 15.4. The lowest BCUT2D eigenvalue weighted by atomic mass is 9.92. The summed E-state index contributed by atoms with van der Waals surface area (Å²) >= 11 is 0. The van der Waals surface area contributed by atoms with E-state index in [1.54, 1.807) is 17.0 Å². The molecule has 1 unspecified atom stereocenters. The van der Waals surface area contributed by atoms with Gasteiger partial charge in [-0.15, -0.1) is 5.10 Å². The third kappa shape index (κ3) is 4.18. The molecule has 0 N–H and O–H groups in total. The quantitative estimate of drug-likeness (QED) is 0.841. The van der Waals surface area contributed by atoms with Gasteiger partial charge >= 0.3 is 0 Å². The zero-order valence-electron chi connectivity index (χ0n) is 15.4. The second kappa shape index (κ2) is 7.40. The van der Waals surface area contributed by atoms with Crippen LogP contribution >= 0.6 is 0 Å². The molecule has 1 aromatic carbocycles. The summed E-state index contributed by atoms with van der Waals surface area (Å²) in [5.41, 5.74) is 0.981. The monoisotopic (exact) mass is 357 g/mol. The maximum atomic E-state index is 13.8. The average molecular weight is 357 g/mol. The molecule has 26 heavy (non-hydrogen) atoms. The van der Waals surface area contributed by atoms with Gasteiger partial charge in [0, 0.05) is 30.5 Å². The first kappa shape index (κ1) is 18.3. The SMILES string of the molecule is CC(C)(C)c1ccc(OCC2CCN(C(=O)c3ccccc3F)C2)nn1. The number of carbonyl (C=O) groups is 1. The van der Waals surface area contributed by atoms with Gasteiger partial charge in [-0.3, -0.25) is 4.79 Å². The fourth-order valence-electron chi connectivity index (χ4n) is 2.96. The number of aromatic nitrogens is 2. The second-order valence-corrected chi connectivity index (χ2v) is 7.70. The van der Waals surface area contributed by atoms with Gasteiger partial charge in [-0.25, -0.2) is 4.39 Å². The van der Waals surface area contributed by atoms with Crippen LogP contribution < -0.4 is 4.74 Å². The predicted octanol–water partition coefficient (Wildman–Crippen LogP) is 3.45. The van der Waals surface area contributed by atoms with Gasteiger partial charge in [0.1, 0.15) is 5.82 Å². The Morgan fingerprint density at radius 3 is 2.65 bits per heavy atom. The van der Waals surface area contributed by atoms with Crippen molar-refractivity contribution in [1.82, 2.24) is 15.1 Å². The third-order valence-corrected chi connectivity index (χ3v) is 4.55. The second-order valence-electron chi connectivity index (χ2n) is 7.70. The van der Waals surface area contributed by atoms with Crippen LogP contribution in [0.25, 0.3) is 0 Å². The number of benzene rings is 1. The molecule has 1 aliphatic rings. The van der Waals surface area contributed by atoms with E-state index in [2.05, 4.69) is 31.0 Å². The minimum Gasteiger partial charge on any atom is -0.476 e. The predicted molar refractivity (Wildman–Crippen MR) is 96.6 cm³/mol. The van der Waals surface area contributed by atoms with E-state index < -0.39 is 5.82 Å². The summed E-state index contributed by atoms with van der Waals surface area (Å²) in [6, 6.07) is 9.83. The van der Waals surface area contributed by atoms with E-state index in [0.717, 1.165) is 12.1 Å². The number of nitrogens with zero attached hydrogens (tertiary/aromatic N) is 3. The number of carbonyl (C=O) groups excluding carboxylic acids is 1. The molecule has 2 aromatic rings. The van der Waals surface area contributed by atoms with E-state index in [1.165, 1.54) is 12.1 Å². The molecule has 0 saturated carbocycles. The van der Waals surface area contributed by atoms with Crippen LogP contribution in [0.4, 0.5) is 4.39 Å². The number of hydrogen-bond acceptors (Lipinski definition) is 4. The van der Waals surface area contributed by atoms with Gasteiger partial charge in [0.2, 0.25) is 5.88 Å². The zero-order chi connectivity index (χ0) is 18.7. The van der Waals surface area contributed by atoms with Crippen molar-refractivity contribution >= 4 is 5.91 Å². The van der Waals surface area contributed by atoms with Crippen LogP contribution in [-0.2, 0) is 5.41 Å². The van der Waals surface area contributed by atoms with Gasteiger partial charge in [-0.2, -0.15) is 5.10 Å². The molecule has 0 aliphatic carbocycles. The Morgan fingerprint density at radius 1 is 1.23 bits per heavy atom. The average Bonchev–Trinajstić information content (AvgIpc) is 3.08. The summed E-state index contributed by atoms with van der Waals surface area (Å²) in [5, 5.41) is 8.32. The van der Waals surface area contributed by atoms with E-state index in [-0.39, 0.29) is 22.8 Å². The Hall–Kier alpha value is -2.50. The van der Waals surface area contributed by atoms with Gasteiger partial charge < -0.3 is 9.64 Å². The lowest BCUT2D eigenvalue weighted by Gasteiger charge is -2.18. The molecule has 6 heteroatoms. The molecular weight excluding hydrogens is 333 g/mol. The fraction of sp³-hybridized carbons (Fsp3) is 0.450. The standard InChI is InChI=1S/C20H24FN3O2/c1-20(2,3)17-8-9-18(23-22-17)26-13-14-10-11-24(12-14)19(25)15-6-4-5-7-16(15)21/h4-9,14H,10-13H2,1-3H3. The summed E-state index contributed by atoms with van der Waals surface area (Å²) in [6.07, 6.45) is 0.827. The van der Waals surface area contributed by atoms with Crippen molar-refractivity contribution in [3.05, 3.63) is 53.5 Å². The summed E-state index contributed by atoms with van der Waals surface area (Å²) in [6.45, 7) is 7.87. The molecule has 2 heterocycles. The van der Waals surface area contributed by atoms with Crippen molar-refractivity contribution in [3.8, 4) is 5.88 Å². The molecule has 0 spiro atoms. The van der Waals surface area contributed by atoms with Gasteiger partial charge in [-0.05, 0) is 24.6 Å². The number of ether oxygens (including phenoxy) is 1. The lowest BCUT2D eigenvalue weighted by molar-refractivity contribution is 0.0778. The van der Waals surface area contributed by atoms with E-state index in [1.807, 2.05) is 12.1 Å². The van der Waals surface area contributed by atoms with Crippen molar-refractivity contribution in [1.29, 1.82) is 0 Å². The Morgan fingerprint density at radius 2 is 2.00 bits per heavy atom. The van der Waals surface area contributed by atoms with Crippen LogP contribution in [-0.4, -0.2) is 40.7 Å². The molecular formula is C20H24FN3O2. The summed E-state index contributed by atoms with van der Waals surface area (Å²) < 4.78 is 19.5. The van der Waals surface area contributed by atoms with Gasteiger partial charge in [0.05, 0.1) is 17.9 Å². The van der Waals surface area contributed by atoms with Crippen LogP contribution in [0.15, 0.2) is 36.4 Å². The largest absolute Gasteiger partial charge is 0.476 e. The van der Waals surface area contributed by atoms with Crippen molar-refractivity contribution in [2.75, 3.05) is 19.7 Å². The van der Waals surface area contributed by atoms with E-state index in [0.29, 0.717) is 25.6 Å². The smallest absolute Gasteiger partial charge is 0.256 e. The molecule has 3 rings (SSSR count). The first-order valence-corrected chi connectivity index (χ1v) is 8.85. The Bertz CT molecular complexity index is 771. The highest BCUT2D eigenvalue weighted by Crippen LogP contribution is 2.22. The molecule has 1 fully saturated rings. The highest BCUT2D eigenvalue weighted by molar-refractivity contribution is 5.94. The normalized spacial score (nSPS) is 17.4. The van der Waals surface area contributed by atoms with E-state index >= 15 is 0 Å². The summed E-state index contributed by atoms with van der Waals surface area (Å²) in [4.78, 5) is 14.1. The molecule has 1 aliphatic heterocycles. The van der Waals surface area contributed by atoms with Crippen LogP contribution in [0.3, 0.4) is 0 Å². The molecule has 5 nitrogen and oxygen atoms in total. The van der Waals surface area contributed by atoms with E-state index in [4.69, 9.17) is 4.74 Å². The van der Waals surface area contributed by atoms with Crippen molar-refractivity contribution in [3.63, 3.8) is 0 Å². The van der Waals surface area contributed by atoms with Crippen molar-refractivity contribution < 1.29 is 13.9 Å². The minimum absolute atomic E-state index is 0.0510. The van der Waals surface area contributed by atoms with Crippen LogP contribution in [0, 0.1) is 11.7 Å². The van der Waals surface area contributed by atoms with Gasteiger partial charge in [-0.1, -0.05) is 32.9 Å². The molecule has 1 atom stereocenters. The van der Waals surface area contributed by atoms with Crippen LogP contribution in [0.1, 0.15) is 43.2 Å².